The van der Waals surface area contributed by atoms with Crippen LogP contribution < -0.4 is 5.11 Å². The van der Waals surface area contributed by atoms with Gasteiger partial charge in [-0.2, -0.15) is 0 Å². The van der Waals surface area contributed by atoms with Crippen molar-refractivity contribution >= 4 is 5.97 Å². The first-order valence-corrected chi connectivity index (χ1v) is 11.8. The van der Waals surface area contributed by atoms with Crippen LogP contribution in [0.4, 0.5) is 0 Å². The highest BCUT2D eigenvalue weighted by molar-refractivity contribution is 5.76. The van der Waals surface area contributed by atoms with Gasteiger partial charge >= 0.3 is 0 Å². The molecule has 4 atom stereocenters. The van der Waals surface area contributed by atoms with Crippen LogP contribution in [0.5, 0.6) is 0 Å². The van der Waals surface area contributed by atoms with Crippen molar-refractivity contribution in [1.82, 2.24) is 4.90 Å². The third-order valence-electron chi connectivity index (χ3n) is 8.00. The average Bonchev–Trinajstić information content (AvgIpc) is 3.22. The van der Waals surface area contributed by atoms with E-state index >= 15 is 0 Å². The molecule has 1 aliphatic carbocycles. The summed E-state index contributed by atoms with van der Waals surface area (Å²) < 4.78 is 0. The summed E-state index contributed by atoms with van der Waals surface area (Å²) in [5.41, 5.74) is 1.59. The number of carboxylic acid groups (broad SMARTS) is 1. The second-order valence-electron chi connectivity index (χ2n) is 9.78. The van der Waals surface area contributed by atoms with Gasteiger partial charge in [-0.25, -0.2) is 0 Å². The lowest BCUT2D eigenvalue weighted by Crippen LogP contribution is -2.60. The predicted molar refractivity (Wildman–Crippen MR) is 126 cm³/mol. The van der Waals surface area contributed by atoms with Crippen molar-refractivity contribution in [1.29, 1.82) is 0 Å². The Kier molecular flexibility index (Phi) is 5.59. The number of hydrogen-bond acceptors (Lipinski definition) is 4. The van der Waals surface area contributed by atoms with Crippen molar-refractivity contribution in [2.75, 3.05) is 13.1 Å². The molecule has 2 aliphatic rings. The first-order valence-electron chi connectivity index (χ1n) is 11.8. The van der Waals surface area contributed by atoms with Gasteiger partial charge in [-0.3, -0.25) is 4.90 Å². The molecule has 0 spiro atoms. The van der Waals surface area contributed by atoms with Crippen LogP contribution in [-0.2, 0) is 16.9 Å². The number of nitrogens with zero attached hydrogens (tertiary/aromatic N) is 1. The highest BCUT2D eigenvalue weighted by Crippen LogP contribution is 2.61. The van der Waals surface area contributed by atoms with E-state index in [1.54, 1.807) is 0 Å². The lowest BCUT2D eigenvalue weighted by molar-refractivity contribution is -0.327. The second kappa shape index (κ2) is 8.44. The van der Waals surface area contributed by atoms with Gasteiger partial charge in [-0.1, -0.05) is 84.9 Å². The standard InChI is InChI=1S/C29H31NO3/c1-21-10-8-9-15-24(21)29(33)17-16-25(23-13-6-3-7-14-23)28(27(31)32)20-30(19-26(28)29)18-22-11-4-2-5-12-22/h2-15,25-26,33H,16-20H2,1H3,(H,31,32)/p-1. The Morgan fingerprint density at radius 1 is 1.00 bits per heavy atom. The fourth-order valence-corrected chi connectivity index (χ4v) is 6.53. The average molecular weight is 441 g/mol. The number of carboxylic acids is 1. The van der Waals surface area contributed by atoms with Crippen molar-refractivity contribution in [3.05, 3.63) is 107 Å². The zero-order chi connectivity index (χ0) is 23.1. The molecule has 1 heterocycles. The fraction of sp³-hybridized carbons (Fsp3) is 0.345. The van der Waals surface area contributed by atoms with Crippen molar-refractivity contribution < 1.29 is 15.0 Å². The summed E-state index contributed by atoms with van der Waals surface area (Å²) in [4.78, 5) is 15.3. The lowest BCUT2D eigenvalue weighted by Gasteiger charge is -2.54. The minimum Gasteiger partial charge on any atom is -0.549 e. The zero-order valence-corrected chi connectivity index (χ0v) is 19.0. The first kappa shape index (κ1) is 21.9. The minimum atomic E-state index is -1.22. The SMILES string of the molecule is Cc1ccccc1C1(O)CCC(c2ccccc2)C2(C(=O)[O-])CN(Cc3ccccc3)CC12. The number of benzene rings is 3. The predicted octanol–water partition coefficient (Wildman–Crippen LogP) is 3.63. The molecule has 1 N–H and O–H groups in total. The number of aryl methyl sites for hydroxylation is 1. The van der Waals surface area contributed by atoms with Crippen molar-refractivity contribution in [2.45, 2.75) is 37.8 Å². The first-order chi connectivity index (χ1) is 15.9. The number of hydrogen-bond donors (Lipinski definition) is 1. The molecule has 5 rings (SSSR count). The molecule has 33 heavy (non-hydrogen) atoms. The molecule has 4 nitrogen and oxygen atoms in total. The van der Waals surface area contributed by atoms with Crippen LogP contribution in [0.2, 0.25) is 0 Å². The van der Waals surface area contributed by atoms with Crippen LogP contribution in [0, 0.1) is 18.3 Å². The van der Waals surface area contributed by atoms with E-state index < -0.39 is 22.9 Å². The number of carbonyl (C=O) groups excluding carboxylic acids is 1. The van der Waals surface area contributed by atoms with Gasteiger partial charge in [0.05, 0.1) is 5.60 Å². The van der Waals surface area contributed by atoms with Crippen LogP contribution in [0.1, 0.15) is 41.0 Å². The summed E-state index contributed by atoms with van der Waals surface area (Å²) >= 11 is 0. The molecule has 1 saturated carbocycles. The summed E-state index contributed by atoms with van der Waals surface area (Å²) in [6.07, 6.45) is 1.12. The molecular weight excluding hydrogens is 410 g/mol. The summed E-state index contributed by atoms with van der Waals surface area (Å²) in [5, 5.41) is 25.3. The molecule has 1 aliphatic heterocycles. The Balaban J connectivity index is 1.63. The fourth-order valence-electron chi connectivity index (χ4n) is 6.53. The van der Waals surface area contributed by atoms with E-state index in [1.807, 2.05) is 79.7 Å². The molecule has 170 valence electrons. The van der Waals surface area contributed by atoms with E-state index in [4.69, 9.17) is 0 Å². The monoisotopic (exact) mass is 440 g/mol. The summed E-state index contributed by atoms with van der Waals surface area (Å²) in [5.74, 6) is -1.74. The number of carbonyl (C=O) groups is 1. The Bertz CT molecular complexity index is 1130. The summed E-state index contributed by atoms with van der Waals surface area (Å²) in [6.45, 7) is 3.52. The molecule has 3 aromatic rings. The van der Waals surface area contributed by atoms with Gasteiger partial charge in [0.25, 0.3) is 0 Å². The van der Waals surface area contributed by atoms with Gasteiger partial charge in [0.2, 0.25) is 0 Å². The van der Waals surface area contributed by atoms with Crippen LogP contribution in [0.3, 0.4) is 0 Å². The van der Waals surface area contributed by atoms with Crippen LogP contribution >= 0.6 is 0 Å². The molecule has 4 unspecified atom stereocenters. The van der Waals surface area contributed by atoms with Crippen molar-refractivity contribution in [3.63, 3.8) is 0 Å². The number of rotatable bonds is 5. The van der Waals surface area contributed by atoms with Gasteiger partial charge < -0.3 is 15.0 Å². The number of aliphatic hydroxyl groups is 1. The highest BCUT2D eigenvalue weighted by atomic mass is 16.4. The molecule has 0 aromatic heterocycles. The Morgan fingerprint density at radius 2 is 1.64 bits per heavy atom. The van der Waals surface area contributed by atoms with E-state index in [0.29, 0.717) is 32.5 Å². The lowest BCUT2D eigenvalue weighted by atomic mass is 9.53. The largest absolute Gasteiger partial charge is 0.549 e. The third-order valence-corrected chi connectivity index (χ3v) is 8.00. The van der Waals surface area contributed by atoms with Crippen LogP contribution in [0.25, 0.3) is 0 Å². The van der Waals surface area contributed by atoms with Crippen molar-refractivity contribution in [3.8, 4) is 0 Å². The molecule has 0 bridgehead atoms. The second-order valence-corrected chi connectivity index (χ2v) is 9.78. The number of fused-ring (bicyclic) bond motifs is 1. The van der Waals surface area contributed by atoms with Gasteiger partial charge in [0.15, 0.2) is 0 Å². The molecule has 1 saturated heterocycles. The van der Waals surface area contributed by atoms with E-state index in [9.17, 15) is 15.0 Å². The maximum absolute atomic E-state index is 13.1. The molecular formula is C29H30NO3-. The molecule has 3 aromatic carbocycles. The normalized spacial score (nSPS) is 29.5. The smallest absolute Gasteiger partial charge is 0.0949 e. The third kappa shape index (κ3) is 3.58. The van der Waals surface area contributed by atoms with Gasteiger partial charge in [0.1, 0.15) is 0 Å². The van der Waals surface area contributed by atoms with Gasteiger partial charge in [-0.05, 0) is 47.9 Å². The zero-order valence-electron chi connectivity index (χ0n) is 19.0. The van der Waals surface area contributed by atoms with E-state index in [-0.39, 0.29) is 5.92 Å². The highest BCUT2D eigenvalue weighted by Gasteiger charge is 2.63. The minimum absolute atomic E-state index is 0.209. The maximum atomic E-state index is 13.1. The molecule has 0 amide bonds. The van der Waals surface area contributed by atoms with Crippen molar-refractivity contribution in [2.24, 2.45) is 11.3 Å². The Labute approximate surface area is 195 Å². The maximum Gasteiger partial charge on any atom is 0.0949 e. The summed E-state index contributed by atoms with van der Waals surface area (Å²) in [6, 6.07) is 27.9. The van der Waals surface area contributed by atoms with E-state index in [2.05, 4.69) is 17.0 Å². The molecule has 2 fully saturated rings. The molecule has 4 heteroatoms. The Hall–Kier alpha value is -2.95. The quantitative estimate of drug-likeness (QED) is 0.658. The Morgan fingerprint density at radius 3 is 2.30 bits per heavy atom. The van der Waals surface area contributed by atoms with Crippen LogP contribution in [0.15, 0.2) is 84.9 Å². The summed E-state index contributed by atoms with van der Waals surface area (Å²) in [7, 11) is 0. The van der Waals surface area contributed by atoms with E-state index in [0.717, 1.165) is 22.3 Å². The molecule has 0 radical (unpaired) electrons. The van der Waals surface area contributed by atoms with Gasteiger partial charge in [-0.15, -0.1) is 0 Å². The number of likely N-dealkylation sites (tertiary alicyclic amines) is 1. The number of aliphatic carboxylic acids is 1. The van der Waals surface area contributed by atoms with Crippen LogP contribution in [-0.4, -0.2) is 29.1 Å². The van der Waals surface area contributed by atoms with E-state index in [1.165, 1.54) is 0 Å². The van der Waals surface area contributed by atoms with Gasteiger partial charge in [0, 0.05) is 36.9 Å². The topological polar surface area (TPSA) is 63.6 Å².